The van der Waals surface area contributed by atoms with E-state index in [-0.39, 0.29) is 30.8 Å². The molecule has 1 unspecified atom stereocenters. The van der Waals surface area contributed by atoms with Crippen LogP contribution in [0.1, 0.15) is 36.8 Å². The number of nitrogens with zero attached hydrogens (tertiary/aromatic N) is 1. The van der Waals surface area contributed by atoms with Crippen LogP contribution in [0.15, 0.2) is 42.5 Å². The molecule has 184 valence electrons. The molecule has 3 N–H and O–H groups in total. The van der Waals surface area contributed by atoms with E-state index in [9.17, 15) is 19.8 Å². The second-order valence-electron chi connectivity index (χ2n) is 8.55. The highest BCUT2D eigenvalue weighted by atomic mass is 19.1. The molecule has 2 amide bonds. The minimum Gasteiger partial charge on any atom is -0.465 e. The van der Waals surface area contributed by atoms with Gasteiger partial charge in [0.2, 0.25) is 0 Å². The molecule has 3 rings (SSSR count). The molecule has 1 aliphatic heterocycles. The number of aliphatic hydroxyl groups is 1. The number of carbonyl (C=O) groups excluding carboxylic acids is 1. The molecule has 9 heteroatoms. The molecule has 2 atom stereocenters. The van der Waals surface area contributed by atoms with E-state index in [0.29, 0.717) is 31.6 Å². The third kappa shape index (κ3) is 5.96. The molecule has 1 fully saturated rings. The van der Waals surface area contributed by atoms with Gasteiger partial charge in [0.25, 0.3) is 0 Å². The maximum absolute atomic E-state index is 15.1. The number of likely N-dealkylation sites (tertiary alicyclic amines) is 1. The smallest absolute Gasteiger partial charge is 0.407 e. The number of benzene rings is 2. The minimum atomic E-state index is -1.59. The van der Waals surface area contributed by atoms with E-state index in [1.807, 2.05) is 13.0 Å². The standard InChI is InChI=1S/C25H31FN2O6/c1-17-7-3-9-19(15-17)34-22-20(10-4-11-21(22)26)25(32,12-6-13-27-23(29)33-2)18-8-5-14-28(16-18)24(30)31/h3-4,7,9-11,15,18,32H,5-6,8,12-14,16H2,1-2H3,(H,27,29)(H,30,31)/t18-,25?/m1/s1. The molecule has 1 heterocycles. The molecular weight excluding hydrogens is 443 g/mol. The third-order valence-electron chi connectivity index (χ3n) is 6.20. The average Bonchev–Trinajstić information content (AvgIpc) is 2.83. The highest BCUT2D eigenvalue weighted by Gasteiger charge is 2.43. The van der Waals surface area contributed by atoms with E-state index in [1.165, 1.54) is 24.1 Å². The third-order valence-corrected chi connectivity index (χ3v) is 6.20. The van der Waals surface area contributed by atoms with Crippen LogP contribution in [0.2, 0.25) is 0 Å². The Hall–Kier alpha value is -3.33. The number of halogens is 1. The SMILES string of the molecule is COC(=O)NCCCC(O)(c1cccc(F)c1Oc1cccc(C)c1)[C@@H]1CCCN(C(=O)O)C1. The Balaban J connectivity index is 1.97. The lowest BCUT2D eigenvalue weighted by Gasteiger charge is -2.42. The van der Waals surface area contributed by atoms with Crippen molar-refractivity contribution in [3.05, 3.63) is 59.4 Å². The average molecular weight is 475 g/mol. The van der Waals surface area contributed by atoms with Gasteiger partial charge in [-0.2, -0.15) is 0 Å². The topological polar surface area (TPSA) is 108 Å². The number of carbonyl (C=O) groups is 2. The molecule has 1 saturated heterocycles. The van der Waals surface area contributed by atoms with Crippen LogP contribution in [0.25, 0.3) is 0 Å². The van der Waals surface area contributed by atoms with E-state index in [0.717, 1.165) is 5.56 Å². The van der Waals surface area contributed by atoms with Gasteiger partial charge in [0.15, 0.2) is 11.6 Å². The molecule has 34 heavy (non-hydrogen) atoms. The lowest BCUT2D eigenvalue weighted by Crippen LogP contribution is -2.48. The molecular formula is C25H31FN2O6. The zero-order valence-electron chi connectivity index (χ0n) is 19.4. The molecule has 1 aliphatic rings. The van der Waals surface area contributed by atoms with Gasteiger partial charge in [-0.15, -0.1) is 0 Å². The number of nitrogens with one attached hydrogen (secondary N) is 1. The molecule has 2 aromatic rings. The lowest BCUT2D eigenvalue weighted by atomic mass is 9.74. The van der Waals surface area contributed by atoms with Crippen molar-refractivity contribution in [3.8, 4) is 11.5 Å². The monoisotopic (exact) mass is 474 g/mol. The van der Waals surface area contributed by atoms with Crippen LogP contribution in [0.4, 0.5) is 14.0 Å². The summed E-state index contributed by atoms with van der Waals surface area (Å²) in [6.45, 7) is 2.61. The number of methoxy groups -OCH3 is 1. The second kappa shape index (κ2) is 11.2. The molecule has 8 nitrogen and oxygen atoms in total. The number of para-hydroxylation sites is 1. The summed E-state index contributed by atoms with van der Waals surface area (Å²) in [5.41, 5.74) is -0.402. The molecule has 0 bridgehead atoms. The van der Waals surface area contributed by atoms with Crippen molar-refractivity contribution in [2.75, 3.05) is 26.7 Å². The molecule has 0 saturated carbocycles. The maximum atomic E-state index is 15.1. The van der Waals surface area contributed by atoms with Crippen LogP contribution < -0.4 is 10.1 Å². The summed E-state index contributed by atoms with van der Waals surface area (Å²) >= 11 is 0. The minimum absolute atomic E-state index is 0.0935. The summed E-state index contributed by atoms with van der Waals surface area (Å²) in [5.74, 6) is -0.783. The van der Waals surface area contributed by atoms with Crippen LogP contribution in [-0.2, 0) is 10.3 Å². The molecule has 0 radical (unpaired) electrons. The quantitative estimate of drug-likeness (QED) is 0.481. The van der Waals surface area contributed by atoms with E-state index < -0.39 is 29.5 Å². The first-order valence-corrected chi connectivity index (χ1v) is 11.3. The highest BCUT2D eigenvalue weighted by molar-refractivity contribution is 5.66. The van der Waals surface area contributed by atoms with Crippen molar-refractivity contribution < 1.29 is 33.7 Å². The number of piperidine rings is 1. The van der Waals surface area contributed by atoms with Gasteiger partial charge in [-0.05, 0) is 56.4 Å². The Morgan fingerprint density at radius 3 is 2.74 bits per heavy atom. The highest BCUT2D eigenvalue weighted by Crippen LogP contribution is 2.45. The van der Waals surface area contributed by atoms with Gasteiger partial charge in [0.1, 0.15) is 5.75 Å². The summed E-state index contributed by atoms with van der Waals surface area (Å²) in [5, 5.41) is 24.1. The zero-order valence-corrected chi connectivity index (χ0v) is 19.4. The van der Waals surface area contributed by atoms with E-state index >= 15 is 4.39 Å². The number of hydrogen-bond donors (Lipinski definition) is 3. The lowest BCUT2D eigenvalue weighted by molar-refractivity contribution is -0.0588. The maximum Gasteiger partial charge on any atom is 0.407 e. The summed E-state index contributed by atoms with van der Waals surface area (Å²) in [6, 6.07) is 11.5. The predicted octanol–water partition coefficient (Wildman–Crippen LogP) is 4.64. The van der Waals surface area contributed by atoms with E-state index in [2.05, 4.69) is 10.1 Å². The van der Waals surface area contributed by atoms with Crippen LogP contribution >= 0.6 is 0 Å². The summed E-state index contributed by atoms with van der Waals surface area (Å²) < 4.78 is 25.6. The normalized spacial score (nSPS) is 17.5. The molecule has 2 aromatic carbocycles. The van der Waals surface area contributed by atoms with E-state index in [1.54, 1.807) is 24.3 Å². The van der Waals surface area contributed by atoms with Gasteiger partial charge in [-0.25, -0.2) is 14.0 Å². The summed E-state index contributed by atoms with van der Waals surface area (Å²) in [7, 11) is 1.26. The first-order valence-electron chi connectivity index (χ1n) is 11.3. The Morgan fingerprint density at radius 2 is 2.03 bits per heavy atom. The van der Waals surface area contributed by atoms with Gasteiger partial charge in [-0.1, -0.05) is 24.3 Å². The molecule has 0 spiro atoms. The van der Waals surface area contributed by atoms with Crippen LogP contribution in [0.5, 0.6) is 11.5 Å². The molecule has 0 aromatic heterocycles. The first kappa shape index (κ1) is 25.3. The first-order chi connectivity index (χ1) is 16.2. The van der Waals surface area contributed by atoms with E-state index in [4.69, 9.17) is 4.74 Å². The second-order valence-corrected chi connectivity index (χ2v) is 8.55. The Morgan fingerprint density at radius 1 is 1.26 bits per heavy atom. The van der Waals surface area contributed by atoms with Crippen LogP contribution in [0.3, 0.4) is 0 Å². The van der Waals surface area contributed by atoms with Gasteiger partial charge in [-0.3, -0.25) is 0 Å². The number of alkyl carbamates (subject to hydrolysis) is 1. The number of rotatable bonds is 8. The Kier molecular flexibility index (Phi) is 8.33. The largest absolute Gasteiger partial charge is 0.465 e. The summed E-state index contributed by atoms with van der Waals surface area (Å²) in [4.78, 5) is 24.3. The van der Waals surface area contributed by atoms with Crippen molar-refractivity contribution in [3.63, 3.8) is 0 Å². The molecule has 0 aliphatic carbocycles. The number of amides is 2. The fraction of sp³-hybridized carbons (Fsp3) is 0.440. The Bertz CT molecular complexity index is 1020. The number of carboxylic acid groups (broad SMARTS) is 1. The van der Waals surface area contributed by atoms with Crippen molar-refractivity contribution in [2.45, 2.75) is 38.2 Å². The Labute approximate surface area is 198 Å². The van der Waals surface area contributed by atoms with Crippen molar-refractivity contribution in [1.29, 1.82) is 0 Å². The number of hydrogen-bond acceptors (Lipinski definition) is 5. The van der Waals surface area contributed by atoms with Crippen molar-refractivity contribution in [2.24, 2.45) is 5.92 Å². The van der Waals surface area contributed by atoms with Crippen LogP contribution in [-0.4, -0.2) is 54.0 Å². The predicted molar refractivity (Wildman–Crippen MR) is 124 cm³/mol. The zero-order chi connectivity index (χ0) is 24.7. The van der Waals surface area contributed by atoms with Gasteiger partial charge in [0.05, 0.1) is 12.7 Å². The fourth-order valence-corrected chi connectivity index (χ4v) is 4.47. The van der Waals surface area contributed by atoms with Gasteiger partial charge >= 0.3 is 12.2 Å². The summed E-state index contributed by atoms with van der Waals surface area (Å²) in [6.07, 6.45) is -0.00524. The number of aryl methyl sites for hydroxylation is 1. The van der Waals surface area contributed by atoms with Crippen LogP contribution in [0, 0.1) is 18.7 Å². The van der Waals surface area contributed by atoms with Crippen molar-refractivity contribution in [1.82, 2.24) is 10.2 Å². The number of ether oxygens (including phenoxy) is 2. The van der Waals surface area contributed by atoms with Crippen molar-refractivity contribution >= 4 is 12.2 Å². The fourth-order valence-electron chi connectivity index (χ4n) is 4.47. The van der Waals surface area contributed by atoms with Gasteiger partial charge < -0.3 is 29.9 Å². The van der Waals surface area contributed by atoms with Gasteiger partial charge in [0, 0.05) is 31.1 Å².